The van der Waals surface area contributed by atoms with Gasteiger partial charge >= 0.3 is 0 Å². The molecule has 0 saturated heterocycles. The maximum absolute atomic E-state index is 11.8. The van der Waals surface area contributed by atoms with E-state index in [2.05, 4.69) is 20.7 Å². The Labute approximate surface area is 99.2 Å². The first-order valence-corrected chi connectivity index (χ1v) is 5.53. The number of carbonyl (C=O) groups excluding carboxylic acids is 1. The number of hydrogen-bond acceptors (Lipinski definition) is 3. The summed E-state index contributed by atoms with van der Waals surface area (Å²) in [5.74, 6) is -0.213. The molecule has 1 aromatic carbocycles. The van der Waals surface area contributed by atoms with Gasteiger partial charge in [-0.25, -0.2) is 0 Å². The van der Waals surface area contributed by atoms with Gasteiger partial charge in [-0.15, -0.1) is 0 Å². The summed E-state index contributed by atoms with van der Waals surface area (Å²) in [5.41, 5.74) is 1.39. The summed E-state index contributed by atoms with van der Waals surface area (Å²) in [6, 6.07) is 9.87. The molecule has 0 bridgehead atoms. The molecule has 5 heteroatoms. The van der Waals surface area contributed by atoms with Crippen molar-refractivity contribution < 1.29 is 4.79 Å². The topological polar surface area (TPSA) is 70.7 Å². The van der Waals surface area contributed by atoms with Crippen LogP contribution in [-0.2, 0) is 0 Å². The van der Waals surface area contributed by atoms with Crippen molar-refractivity contribution in [1.29, 1.82) is 0 Å². The van der Waals surface area contributed by atoms with E-state index in [-0.39, 0.29) is 11.9 Å². The summed E-state index contributed by atoms with van der Waals surface area (Å²) < 4.78 is 0. The zero-order valence-corrected chi connectivity index (χ0v) is 9.55. The second-order valence-corrected chi connectivity index (χ2v) is 3.70. The first-order chi connectivity index (χ1) is 8.31. The SMILES string of the molecule is CCC(NC(=O)c1cn[nH]n1)c1ccccc1. The van der Waals surface area contributed by atoms with Crippen LogP contribution < -0.4 is 5.32 Å². The second kappa shape index (κ2) is 5.25. The molecule has 0 aliphatic carbocycles. The van der Waals surface area contributed by atoms with Crippen LogP contribution in [0.15, 0.2) is 36.5 Å². The molecule has 2 N–H and O–H groups in total. The normalized spacial score (nSPS) is 12.1. The van der Waals surface area contributed by atoms with Crippen molar-refractivity contribution >= 4 is 5.91 Å². The minimum absolute atomic E-state index is 0.000370. The lowest BCUT2D eigenvalue weighted by atomic mass is 10.0. The fourth-order valence-corrected chi connectivity index (χ4v) is 1.65. The van der Waals surface area contributed by atoms with Crippen molar-refractivity contribution in [2.24, 2.45) is 0 Å². The molecule has 0 fully saturated rings. The van der Waals surface area contributed by atoms with Crippen LogP contribution >= 0.6 is 0 Å². The standard InChI is InChI=1S/C12H14N4O/c1-2-10(9-6-4-3-5-7-9)14-12(17)11-8-13-16-15-11/h3-8,10H,2H2,1H3,(H,14,17)(H,13,15,16). The van der Waals surface area contributed by atoms with E-state index in [0.717, 1.165) is 12.0 Å². The van der Waals surface area contributed by atoms with E-state index in [9.17, 15) is 4.79 Å². The van der Waals surface area contributed by atoms with Crippen LogP contribution in [-0.4, -0.2) is 21.3 Å². The zero-order valence-electron chi connectivity index (χ0n) is 9.55. The number of aromatic amines is 1. The van der Waals surface area contributed by atoms with Crippen molar-refractivity contribution in [2.75, 3.05) is 0 Å². The van der Waals surface area contributed by atoms with Gasteiger partial charge in [0.1, 0.15) is 0 Å². The van der Waals surface area contributed by atoms with Gasteiger partial charge < -0.3 is 5.32 Å². The number of H-pyrrole nitrogens is 1. The van der Waals surface area contributed by atoms with Gasteiger partial charge in [0.05, 0.1) is 12.2 Å². The maximum atomic E-state index is 11.8. The molecular formula is C12H14N4O. The number of nitrogens with one attached hydrogen (secondary N) is 2. The lowest BCUT2D eigenvalue weighted by Crippen LogP contribution is -2.28. The maximum Gasteiger partial charge on any atom is 0.273 e. The lowest BCUT2D eigenvalue weighted by Gasteiger charge is -2.16. The van der Waals surface area contributed by atoms with Crippen LogP contribution in [0.1, 0.15) is 35.4 Å². The van der Waals surface area contributed by atoms with Crippen LogP contribution in [0.4, 0.5) is 0 Å². The number of aromatic nitrogens is 3. The number of amides is 1. The molecule has 17 heavy (non-hydrogen) atoms. The van der Waals surface area contributed by atoms with Crippen LogP contribution in [0.2, 0.25) is 0 Å². The van der Waals surface area contributed by atoms with Crippen molar-refractivity contribution in [3.8, 4) is 0 Å². The highest BCUT2D eigenvalue weighted by Gasteiger charge is 2.15. The summed E-state index contributed by atoms with van der Waals surface area (Å²) in [7, 11) is 0. The molecule has 1 atom stereocenters. The molecule has 1 aromatic heterocycles. The van der Waals surface area contributed by atoms with Crippen molar-refractivity contribution in [3.63, 3.8) is 0 Å². The molecular weight excluding hydrogens is 216 g/mol. The van der Waals surface area contributed by atoms with Gasteiger partial charge in [-0.05, 0) is 12.0 Å². The van der Waals surface area contributed by atoms with Gasteiger partial charge in [0, 0.05) is 0 Å². The summed E-state index contributed by atoms with van der Waals surface area (Å²) in [6.07, 6.45) is 2.24. The molecule has 1 amide bonds. The number of carbonyl (C=O) groups is 1. The fourth-order valence-electron chi connectivity index (χ4n) is 1.65. The van der Waals surface area contributed by atoms with Crippen LogP contribution in [0.5, 0.6) is 0 Å². The Balaban J connectivity index is 2.09. The lowest BCUT2D eigenvalue weighted by molar-refractivity contribution is 0.0930. The molecule has 0 radical (unpaired) electrons. The first kappa shape index (κ1) is 11.3. The van der Waals surface area contributed by atoms with E-state index in [1.54, 1.807) is 0 Å². The zero-order chi connectivity index (χ0) is 12.1. The smallest absolute Gasteiger partial charge is 0.273 e. The minimum atomic E-state index is -0.213. The van der Waals surface area contributed by atoms with Gasteiger partial charge in [0.25, 0.3) is 5.91 Å². The molecule has 2 rings (SSSR count). The summed E-state index contributed by atoms with van der Waals surface area (Å²) in [4.78, 5) is 11.8. The van der Waals surface area contributed by atoms with E-state index in [0.29, 0.717) is 5.69 Å². The Bertz CT molecular complexity index is 467. The highest BCUT2D eigenvalue weighted by molar-refractivity contribution is 5.92. The van der Waals surface area contributed by atoms with E-state index < -0.39 is 0 Å². The Morgan fingerprint density at radius 2 is 2.18 bits per heavy atom. The molecule has 0 saturated carbocycles. The van der Waals surface area contributed by atoms with E-state index in [1.807, 2.05) is 37.3 Å². The Morgan fingerprint density at radius 3 is 2.76 bits per heavy atom. The monoisotopic (exact) mass is 230 g/mol. The number of rotatable bonds is 4. The minimum Gasteiger partial charge on any atom is -0.344 e. The van der Waals surface area contributed by atoms with Crippen molar-refractivity contribution in [3.05, 3.63) is 47.8 Å². The van der Waals surface area contributed by atoms with Crippen LogP contribution in [0.25, 0.3) is 0 Å². The largest absolute Gasteiger partial charge is 0.344 e. The van der Waals surface area contributed by atoms with Crippen LogP contribution in [0.3, 0.4) is 0 Å². The second-order valence-electron chi connectivity index (χ2n) is 3.70. The van der Waals surface area contributed by atoms with Crippen LogP contribution in [0, 0.1) is 0 Å². The van der Waals surface area contributed by atoms with Gasteiger partial charge in [0.15, 0.2) is 5.69 Å². The van der Waals surface area contributed by atoms with E-state index in [1.165, 1.54) is 6.20 Å². The number of hydrogen-bond donors (Lipinski definition) is 2. The van der Waals surface area contributed by atoms with E-state index in [4.69, 9.17) is 0 Å². The van der Waals surface area contributed by atoms with Gasteiger partial charge in [-0.2, -0.15) is 15.4 Å². The van der Waals surface area contributed by atoms with Crippen molar-refractivity contribution in [2.45, 2.75) is 19.4 Å². The molecule has 5 nitrogen and oxygen atoms in total. The van der Waals surface area contributed by atoms with Crippen molar-refractivity contribution in [1.82, 2.24) is 20.7 Å². The average molecular weight is 230 g/mol. The van der Waals surface area contributed by atoms with Gasteiger partial charge in [0.2, 0.25) is 0 Å². The number of benzene rings is 1. The molecule has 0 aliphatic heterocycles. The molecule has 88 valence electrons. The third-order valence-electron chi connectivity index (χ3n) is 2.56. The van der Waals surface area contributed by atoms with E-state index >= 15 is 0 Å². The molecule has 1 heterocycles. The molecule has 0 aliphatic rings. The third kappa shape index (κ3) is 2.69. The highest BCUT2D eigenvalue weighted by Crippen LogP contribution is 2.16. The molecule has 1 unspecified atom stereocenters. The summed E-state index contributed by atoms with van der Waals surface area (Å²) in [5, 5.41) is 12.7. The predicted octanol–water partition coefficient (Wildman–Crippen LogP) is 1.69. The Hall–Kier alpha value is -2.17. The van der Waals surface area contributed by atoms with Gasteiger partial charge in [-0.1, -0.05) is 37.3 Å². The predicted molar refractivity (Wildman–Crippen MR) is 63.3 cm³/mol. The first-order valence-electron chi connectivity index (χ1n) is 5.53. The third-order valence-corrected chi connectivity index (χ3v) is 2.56. The number of nitrogens with zero attached hydrogens (tertiary/aromatic N) is 2. The summed E-state index contributed by atoms with van der Waals surface area (Å²) >= 11 is 0. The summed E-state index contributed by atoms with van der Waals surface area (Å²) in [6.45, 7) is 2.03. The highest BCUT2D eigenvalue weighted by atomic mass is 16.2. The molecule has 2 aromatic rings. The Morgan fingerprint density at radius 1 is 1.41 bits per heavy atom. The fraction of sp³-hybridized carbons (Fsp3) is 0.250. The quantitative estimate of drug-likeness (QED) is 0.839. The molecule has 0 spiro atoms. The van der Waals surface area contributed by atoms with Gasteiger partial charge in [-0.3, -0.25) is 4.79 Å². The average Bonchev–Trinajstić information content (AvgIpc) is 2.90. The Kier molecular flexibility index (Phi) is 3.49.